The molecule has 0 saturated carbocycles. The number of ether oxygens (including phenoxy) is 1. The zero-order valence-corrected chi connectivity index (χ0v) is 12.7. The van der Waals surface area contributed by atoms with Crippen molar-refractivity contribution in [1.29, 1.82) is 0 Å². The molecule has 20 heavy (non-hydrogen) atoms. The lowest BCUT2D eigenvalue weighted by Gasteiger charge is -2.26. The van der Waals surface area contributed by atoms with Gasteiger partial charge in [-0.05, 0) is 6.42 Å². The molecule has 0 bridgehead atoms. The van der Waals surface area contributed by atoms with E-state index in [2.05, 4.69) is 10.2 Å². The average molecular weight is 285 g/mol. The summed E-state index contributed by atoms with van der Waals surface area (Å²) >= 11 is 0. The predicted octanol–water partition coefficient (Wildman–Crippen LogP) is 0.0834. The molecule has 1 aliphatic rings. The van der Waals surface area contributed by atoms with Gasteiger partial charge >= 0.3 is 0 Å². The second-order valence-electron chi connectivity index (χ2n) is 5.06. The van der Waals surface area contributed by atoms with Gasteiger partial charge in [-0.2, -0.15) is 0 Å². The molecular weight excluding hydrogens is 258 g/mol. The van der Waals surface area contributed by atoms with Crippen molar-refractivity contribution in [3.8, 4) is 0 Å². The molecule has 2 amide bonds. The van der Waals surface area contributed by atoms with Gasteiger partial charge in [0.05, 0.1) is 13.2 Å². The molecule has 0 aromatic heterocycles. The number of amides is 2. The van der Waals surface area contributed by atoms with Crippen LogP contribution in [0.3, 0.4) is 0 Å². The summed E-state index contributed by atoms with van der Waals surface area (Å²) < 4.78 is 5.27. The summed E-state index contributed by atoms with van der Waals surface area (Å²) in [6.07, 6.45) is 1.29. The lowest BCUT2D eigenvalue weighted by atomic mass is 10.3. The molecule has 1 heterocycles. The Morgan fingerprint density at radius 3 is 2.55 bits per heavy atom. The van der Waals surface area contributed by atoms with Gasteiger partial charge < -0.3 is 15.0 Å². The van der Waals surface area contributed by atoms with Gasteiger partial charge in [0.2, 0.25) is 11.8 Å². The monoisotopic (exact) mass is 285 g/mol. The minimum atomic E-state index is 0.0145. The summed E-state index contributed by atoms with van der Waals surface area (Å²) in [5.74, 6) is 0.0496. The van der Waals surface area contributed by atoms with Crippen molar-refractivity contribution in [2.45, 2.75) is 26.7 Å². The Labute approximate surface area is 121 Å². The summed E-state index contributed by atoms with van der Waals surface area (Å²) in [6.45, 7) is 9.74. The smallest absolute Gasteiger partial charge is 0.221 e. The topological polar surface area (TPSA) is 61.9 Å². The van der Waals surface area contributed by atoms with Crippen LogP contribution in [-0.2, 0) is 14.3 Å². The van der Waals surface area contributed by atoms with Gasteiger partial charge in [-0.15, -0.1) is 0 Å². The van der Waals surface area contributed by atoms with E-state index in [0.29, 0.717) is 19.5 Å². The van der Waals surface area contributed by atoms with Crippen molar-refractivity contribution in [2.75, 3.05) is 52.5 Å². The van der Waals surface area contributed by atoms with E-state index < -0.39 is 0 Å². The molecule has 0 atom stereocenters. The molecule has 116 valence electrons. The zero-order chi connectivity index (χ0) is 14.8. The fourth-order valence-electron chi connectivity index (χ4n) is 2.20. The molecule has 0 aliphatic carbocycles. The van der Waals surface area contributed by atoms with Crippen molar-refractivity contribution < 1.29 is 14.3 Å². The first-order valence-corrected chi connectivity index (χ1v) is 7.45. The minimum Gasteiger partial charge on any atom is -0.379 e. The third kappa shape index (κ3) is 6.86. The van der Waals surface area contributed by atoms with Crippen molar-refractivity contribution in [3.63, 3.8) is 0 Å². The van der Waals surface area contributed by atoms with Crippen LogP contribution in [0.25, 0.3) is 0 Å². The molecule has 1 N–H and O–H groups in total. The number of rotatable bonds is 8. The van der Waals surface area contributed by atoms with Crippen molar-refractivity contribution in [2.24, 2.45) is 0 Å². The van der Waals surface area contributed by atoms with Crippen molar-refractivity contribution in [1.82, 2.24) is 15.1 Å². The lowest BCUT2D eigenvalue weighted by Crippen LogP contribution is -2.42. The molecule has 0 radical (unpaired) electrons. The van der Waals surface area contributed by atoms with Crippen molar-refractivity contribution >= 4 is 11.8 Å². The first-order chi connectivity index (χ1) is 9.63. The fraction of sp³-hybridized carbons (Fsp3) is 0.857. The van der Waals surface area contributed by atoms with Crippen LogP contribution < -0.4 is 5.32 Å². The highest BCUT2D eigenvalue weighted by Gasteiger charge is 2.12. The molecule has 1 saturated heterocycles. The Morgan fingerprint density at radius 2 is 1.95 bits per heavy atom. The first kappa shape index (κ1) is 16.9. The van der Waals surface area contributed by atoms with E-state index >= 15 is 0 Å². The Balaban J connectivity index is 2.11. The van der Waals surface area contributed by atoms with E-state index in [4.69, 9.17) is 4.74 Å². The largest absolute Gasteiger partial charge is 0.379 e. The molecule has 1 rings (SSSR count). The SMILES string of the molecule is CCCN(CCC(=O)NCCN1CCOCC1)C(C)=O. The fourth-order valence-corrected chi connectivity index (χ4v) is 2.20. The third-order valence-electron chi connectivity index (χ3n) is 3.40. The minimum absolute atomic E-state index is 0.0145. The Morgan fingerprint density at radius 1 is 1.25 bits per heavy atom. The zero-order valence-electron chi connectivity index (χ0n) is 12.7. The van der Waals surface area contributed by atoms with Crippen LogP contribution in [0.5, 0.6) is 0 Å². The lowest BCUT2D eigenvalue weighted by molar-refractivity contribution is -0.129. The number of hydrogen-bond donors (Lipinski definition) is 1. The van der Waals surface area contributed by atoms with Crippen LogP contribution in [0.1, 0.15) is 26.7 Å². The number of nitrogens with one attached hydrogen (secondary N) is 1. The summed E-state index contributed by atoms with van der Waals surface area (Å²) in [7, 11) is 0. The summed E-state index contributed by atoms with van der Waals surface area (Å²) in [6, 6.07) is 0. The van der Waals surface area contributed by atoms with Gasteiger partial charge in [0, 0.05) is 52.6 Å². The molecule has 0 aromatic carbocycles. The van der Waals surface area contributed by atoms with Gasteiger partial charge in [-0.1, -0.05) is 6.92 Å². The third-order valence-corrected chi connectivity index (χ3v) is 3.40. The maximum atomic E-state index is 11.7. The van der Waals surface area contributed by atoms with Gasteiger partial charge in [0.1, 0.15) is 0 Å². The van der Waals surface area contributed by atoms with E-state index in [1.807, 2.05) is 6.92 Å². The van der Waals surface area contributed by atoms with Crippen LogP contribution in [-0.4, -0.2) is 74.1 Å². The van der Waals surface area contributed by atoms with Gasteiger partial charge in [-0.25, -0.2) is 0 Å². The van der Waals surface area contributed by atoms with Crippen LogP contribution in [0.4, 0.5) is 0 Å². The Bertz CT molecular complexity index is 304. The number of nitrogens with zero attached hydrogens (tertiary/aromatic N) is 2. The predicted molar refractivity (Wildman–Crippen MR) is 77.4 cm³/mol. The van der Waals surface area contributed by atoms with Gasteiger partial charge in [-0.3, -0.25) is 14.5 Å². The standard InChI is InChI=1S/C14H27N3O3/c1-3-6-17(13(2)18)7-4-14(19)15-5-8-16-9-11-20-12-10-16/h3-12H2,1-2H3,(H,15,19). The summed E-state index contributed by atoms with van der Waals surface area (Å²) in [5, 5.41) is 2.91. The molecule has 1 aliphatic heterocycles. The van der Waals surface area contributed by atoms with Crippen LogP contribution in [0, 0.1) is 0 Å². The maximum Gasteiger partial charge on any atom is 0.221 e. The second kappa shape index (κ2) is 9.72. The number of morpholine rings is 1. The molecule has 1 fully saturated rings. The summed E-state index contributed by atoms with van der Waals surface area (Å²) in [4.78, 5) is 27.1. The van der Waals surface area contributed by atoms with E-state index in [9.17, 15) is 9.59 Å². The van der Waals surface area contributed by atoms with Crippen molar-refractivity contribution in [3.05, 3.63) is 0 Å². The summed E-state index contributed by atoms with van der Waals surface area (Å²) in [5.41, 5.74) is 0. The Kier molecular flexibility index (Phi) is 8.22. The van der Waals surface area contributed by atoms with Crippen LogP contribution >= 0.6 is 0 Å². The van der Waals surface area contributed by atoms with E-state index in [0.717, 1.165) is 45.8 Å². The average Bonchev–Trinajstić information content (AvgIpc) is 2.44. The second-order valence-corrected chi connectivity index (χ2v) is 5.06. The van der Waals surface area contributed by atoms with Crippen LogP contribution in [0.2, 0.25) is 0 Å². The molecule has 6 nitrogen and oxygen atoms in total. The van der Waals surface area contributed by atoms with E-state index in [1.54, 1.807) is 11.8 Å². The normalized spacial score (nSPS) is 15.9. The molecule has 6 heteroatoms. The van der Waals surface area contributed by atoms with E-state index in [1.165, 1.54) is 0 Å². The molecule has 0 aromatic rings. The number of carbonyl (C=O) groups excluding carboxylic acids is 2. The first-order valence-electron chi connectivity index (χ1n) is 7.45. The number of hydrogen-bond acceptors (Lipinski definition) is 4. The Hall–Kier alpha value is -1.14. The van der Waals surface area contributed by atoms with E-state index in [-0.39, 0.29) is 11.8 Å². The van der Waals surface area contributed by atoms with Crippen LogP contribution in [0.15, 0.2) is 0 Å². The highest BCUT2D eigenvalue weighted by Crippen LogP contribution is 1.96. The number of carbonyl (C=O) groups is 2. The molecular formula is C14H27N3O3. The highest BCUT2D eigenvalue weighted by molar-refractivity contribution is 5.77. The maximum absolute atomic E-state index is 11.7. The van der Waals surface area contributed by atoms with Gasteiger partial charge in [0.25, 0.3) is 0 Å². The highest BCUT2D eigenvalue weighted by atomic mass is 16.5. The molecule has 0 unspecified atom stereocenters. The quantitative estimate of drug-likeness (QED) is 0.686. The molecule has 0 spiro atoms. The van der Waals surface area contributed by atoms with Gasteiger partial charge in [0.15, 0.2) is 0 Å².